The smallest absolute Gasteiger partial charge is 0.236 e. The zero-order valence-corrected chi connectivity index (χ0v) is 17.7. The van der Waals surface area contributed by atoms with Crippen LogP contribution in [0.25, 0.3) is 0 Å². The Labute approximate surface area is 182 Å². The van der Waals surface area contributed by atoms with Crippen molar-refractivity contribution in [2.24, 2.45) is 0 Å². The van der Waals surface area contributed by atoms with E-state index in [2.05, 4.69) is 36.8 Å². The molecule has 5 rings (SSSR count). The molecule has 0 spiro atoms. The number of carbonyl (C=O) groups is 1. The van der Waals surface area contributed by atoms with Crippen molar-refractivity contribution < 1.29 is 14.3 Å². The van der Waals surface area contributed by atoms with Crippen LogP contribution in [-0.4, -0.2) is 96.3 Å². The Morgan fingerprint density at radius 1 is 0.871 bits per heavy atom. The number of aromatic nitrogens is 2. The van der Waals surface area contributed by atoms with Gasteiger partial charge in [-0.3, -0.25) is 14.6 Å². The minimum Gasteiger partial charge on any atom is -0.454 e. The third-order valence-electron chi connectivity index (χ3n) is 6.13. The van der Waals surface area contributed by atoms with Crippen molar-refractivity contribution in [3.8, 4) is 11.5 Å². The number of rotatable bonds is 5. The molecule has 0 atom stereocenters. The third kappa shape index (κ3) is 4.72. The highest BCUT2D eigenvalue weighted by Gasteiger charge is 2.25. The van der Waals surface area contributed by atoms with Crippen LogP contribution >= 0.6 is 0 Å². The summed E-state index contributed by atoms with van der Waals surface area (Å²) < 4.78 is 10.9. The van der Waals surface area contributed by atoms with Crippen LogP contribution in [0.4, 0.5) is 5.95 Å². The van der Waals surface area contributed by atoms with Gasteiger partial charge in [0.05, 0.1) is 6.54 Å². The molecule has 9 heteroatoms. The van der Waals surface area contributed by atoms with Gasteiger partial charge in [-0.15, -0.1) is 0 Å². The Morgan fingerprint density at radius 2 is 1.58 bits per heavy atom. The topological polar surface area (TPSA) is 74.3 Å². The van der Waals surface area contributed by atoms with Gasteiger partial charge >= 0.3 is 0 Å². The van der Waals surface area contributed by atoms with Crippen LogP contribution in [0.3, 0.4) is 0 Å². The van der Waals surface area contributed by atoms with Crippen LogP contribution in [0.5, 0.6) is 11.5 Å². The second-order valence-electron chi connectivity index (χ2n) is 8.16. The number of ether oxygens (including phenoxy) is 2. The van der Waals surface area contributed by atoms with Gasteiger partial charge in [0.25, 0.3) is 0 Å². The van der Waals surface area contributed by atoms with Gasteiger partial charge in [-0.05, 0) is 23.8 Å². The van der Waals surface area contributed by atoms with E-state index in [9.17, 15) is 4.79 Å². The summed E-state index contributed by atoms with van der Waals surface area (Å²) in [7, 11) is 0. The molecule has 0 aliphatic carbocycles. The van der Waals surface area contributed by atoms with E-state index in [1.807, 2.05) is 17.0 Å². The van der Waals surface area contributed by atoms with Crippen molar-refractivity contribution in [2.45, 2.75) is 6.54 Å². The van der Waals surface area contributed by atoms with E-state index >= 15 is 0 Å². The van der Waals surface area contributed by atoms with E-state index in [1.54, 1.807) is 12.4 Å². The van der Waals surface area contributed by atoms with E-state index < -0.39 is 0 Å². The Hall–Kier alpha value is -2.91. The van der Waals surface area contributed by atoms with Crippen LogP contribution in [0, 0.1) is 0 Å². The van der Waals surface area contributed by atoms with Crippen molar-refractivity contribution in [1.29, 1.82) is 0 Å². The first-order chi connectivity index (χ1) is 15.2. The summed E-state index contributed by atoms with van der Waals surface area (Å²) in [4.78, 5) is 30.2. The summed E-state index contributed by atoms with van der Waals surface area (Å²) in [6, 6.07) is 7.97. The number of fused-ring (bicyclic) bond motifs is 1. The fourth-order valence-electron chi connectivity index (χ4n) is 4.30. The van der Waals surface area contributed by atoms with E-state index in [1.165, 1.54) is 5.56 Å². The molecule has 0 saturated carbocycles. The zero-order valence-electron chi connectivity index (χ0n) is 17.7. The summed E-state index contributed by atoms with van der Waals surface area (Å²) in [5.74, 6) is 2.62. The lowest BCUT2D eigenvalue weighted by molar-refractivity contribution is -0.133. The van der Waals surface area contributed by atoms with Crippen molar-refractivity contribution in [1.82, 2.24) is 24.7 Å². The largest absolute Gasteiger partial charge is 0.454 e. The van der Waals surface area contributed by atoms with E-state index in [0.717, 1.165) is 76.4 Å². The lowest BCUT2D eigenvalue weighted by Gasteiger charge is -2.38. The van der Waals surface area contributed by atoms with Gasteiger partial charge in [0.2, 0.25) is 18.6 Å². The number of nitrogens with zero attached hydrogens (tertiary/aromatic N) is 6. The average Bonchev–Trinajstić information content (AvgIpc) is 3.29. The molecule has 1 aromatic heterocycles. The molecule has 2 aromatic rings. The number of carbonyl (C=O) groups excluding carboxylic acids is 1. The van der Waals surface area contributed by atoms with Crippen molar-refractivity contribution in [2.75, 3.05) is 70.6 Å². The van der Waals surface area contributed by atoms with Crippen molar-refractivity contribution >= 4 is 11.9 Å². The van der Waals surface area contributed by atoms with Crippen LogP contribution in [0.1, 0.15) is 5.56 Å². The lowest BCUT2D eigenvalue weighted by Crippen LogP contribution is -2.54. The molecule has 31 heavy (non-hydrogen) atoms. The minimum atomic E-state index is 0.220. The molecule has 164 valence electrons. The molecule has 0 radical (unpaired) electrons. The van der Waals surface area contributed by atoms with Gasteiger partial charge in [0, 0.05) is 71.3 Å². The number of hydrogen-bond acceptors (Lipinski definition) is 8. The predicted molar refractivity (Wildman–Crippen MR) is 115 cm³/mol. The average molecular weight is 425 g/mol. The lowest BCUT2D eigenvalue weighted by atomic mass is 10.1. The maximum absolute atomic E-state index is 12.8. The number of amides is 1. The monoisotopic (exact) mass is 424 g/mol. The molecule has 0 bridgehead atoms. The number of anilines is 1. The SMILES string of the molecule is O=C(CN1CCN(Cc2ccc3c(c2)OCO3)CC1)N1CCN(c2ncccn2)CC1. The zero-order chi connectivity index (χ0) is 21.0. The second-order valence-corrected chi connectivity index (χ2v) is 8.16. The molecule has 1 amide bonds. The van der Waals surface area contributed by atoms with Gasteiger partial charge in [0.1, 0.15) is 0 Å². The molecule has 4 heterocycles. The maximum atomic E-state index is 12.8. The Bertz CT molecular complexity index is 895. The molecule has 2 fully saturated rings. The minimum absolute atomic E-state index is 0.220. The van der Waals surface area contributed by atoms with Crippen molar-refractivity contribution in [3.05, 3.63) is 42.2 Å². The number of hydrogen-bond donors (Lipinski definition) is 0. The van der Waals surface area contributed by atoms with Gasteiger partial charge in [-0.1, -0.05) is 6.07 Å². The summed E-state index contributed by atoms with van der Waals surface area (Å²) in [6.45, 7) is 8.44. The molecule has 9 nitrogen and oxygen atoms in total. The first kappa shape index (κ1) is 20.0. The van der Waals surface area contributed by atoms with Crippen LogP contribution in [0.2, 0.25) is 0 Å². The highest BCUT2D eigenvalue weighted by Crippen LogP contribution is 2.32. The normalized spacial score (nSPS) is 19.6. The summed E-state index contributed by atoms with van der Waals surface area (Å²) in [5.41, 5.74) is 1.23. The van der Waals surface area contributed by atoms with Crippen LogP contribution < -0.4 is 14.4 Å². The number of benzene rings is 1. The van der Waals surface area contributed by atoms with E-state index in [-0.39, 0.29) is 5.91 Å². The Morgan fingerprint density at radius 3 is 2.35 bits per heavy atom. The standard InChI is InChI=1S/C22H28N6O3/c29-21(27-10-12-28(13-11-27)22-23-4-1-5-24-22)16-26-8-6-25(7-9-26)15-18-2-3-19-20(14-18)31-17-30-19/h1-5,14H,6-13,15-17H2. The number of piperazine rings is 2. The fourth-order valence-corrected chi connectivity index (χ4v) is 4.30. The quantitative estimate of drug-likeness (QED) is 0.694. The highest BCUT2D eigenvalue weighted by atomic mass is 16.7. The summed E-state index contributed by atoms with van der Waals surface area (Å²) >= 11 is 0. The van der Waals surface area contributed by atoms with Gasteiger partial charge in [-0.2, -0.15) is 0 Å². The molecule has 0 unspecified atom stereocenters. The molecule has 0 N–H and O–H groups in total. The Balaban J connectivity index is 1.05. The molecular formula is C22H28N6O3. The molecule has 3 aliphatic rings. The summed E-state index contributed by atoms with van der Waals surface area (Å²) in [5, 5.41) is 0. The first-order valence-electron chi connectivity index (χ1n) is 10.9. The fraction of sp³-hybridized carbons (Fsp3) is 0.500. The molecular weight excluding hydrogens is 396 g/mol. The van der Waals surface area contributed by atoms with Crippen LogP contribution in [0.15, 0.2) is 36.7 Å². The third-order valence-corrected chi connectivity index (χ3v) is 6.13. The highest BCUT2D eigenvalue weighted by molar-refractivity contribution is 5.78. The Kier molecular flexibility index (Phi) is 5.86. The molecule has 1 aromatic carbocycles. The molecule has 3 aliphatic heterocycles. The summed E-state index contributed by atoms with van der Waals surface area (Å²) in [6.07, 6.45) is 3.51. The van der Waals surface area contributed by atoms with Crippen LogP contribution in [-0.2, 0) is 11.3 Å². The molecule has 2 saturated heterocycles. The van der Waals surface area contributed by atoms with E-state index in [4.69, 9.17) is 9.47 Å². The van der Waals surface area contributed by atoms with Gasteiger partial charge < -0.3 is 19.3 Å². The second kappa shape index (κ2) is 9.07. The predicted octanol–water partition coefficient (Wildman–Crippen LogP) is 0.672. The van der Waals surface area contributed by atoms with Crippen molar-refractivity contribution in [3.63, 3.8) is 0 Å². The van der Waals surface area contributed by atoms with E-state index in [0.29, 0.717) is 13.3 Å². The van der Waals surface area contributed by atoms with Gasteiger partial charge in [0.15, 0.2) is 11.5 Å². The maximum Gasteiger partial charge on any atom is 0.236 e. The first-order valence-corrected chi connectivity index (χ1v) is 10.9. The van der Waals surface area contributed by atoms with Gasteiger partial charge in [-0.25, -0.2) is 9.97 Å².